The van der Waals surface area contributed by atoms with Crippen LogP contribution in [0.15, 0.2) is 36.9 Å². The van der Waals surface area contributed by atoms with Gasteiger partial charge >= 0.3 is 0 Å². The fourth-order valence-electron chi connectivity index (χ4n) is 2.08. The molecule has 9 nitrogen and oxygen atoms in total. The molecule has 0 aliphatic heterocycles. The summed E-state index contributed by atoms with van der Waals surface area (Å²) >= 11 is 6.07. The maximum atomic E-state index is 12.3. The molecule has 0 aliphatic carbocycles. The molecule has 0 aromatic carbocycles. The molecule has 2 N–H and O–H groups in total. The number of aromatic hydroxyl groups is 1. The minimum absolute atomic E-state index is 0.0441. The summed E-state index contributed by atoms with van der Waals surface area (Å²) in [6.07, 6.45) is 4.20. The van der Waals surface area contributed by atoms with Crippen molar-refractivity contribution in [2.75, 3.05) is 7.11 Å². The minimum atomic E-state index is -0.437. The Morgan fingerprint density at radius 3 is 2.85 bits per heavy atom. The van der Waals surface area contributed by atoms with Crippen molar-refractivity contribution in [3.8, 4) is 23.0 Å². The lowest BCUT2D eigenvalue weighted by Crippen LogP contribution is -2.25. The molecule has 132 valence electrons. The van der Waals surface area contributed by atoms with Crippen molar-refractivity contribution in [3.05, 3.63) is 53.5 Å². The summed E-state index contributed by atoms with van der Waals surface area (Å²) in [6.45, 7) is 0.0441. The summed E-state index contributed by atoms with van der Waals surface area (Å²) in [4.78, 5) is 32.2. The number of halogens is 1. The minimum Gasteiger partial charge on any atom is -0.493 e. The zero-order valence-electron chi connectivity index (χ0n) is 13.5. The molecule has 3 aromatic rings. The molecular formula is C16H13ClN6O3. The van der Waals surface area contributed by atoms with Crippen LogP contribution in [0.5, 0.6) is 11.8 Å². The van der Waals surface area contributed by atoms with Crippen molar-refractivity contribution in [1.82, 2.24) is 30.2 Å². The van der Waals surface area contributed by atoms with Gasteiger partial charge < -0.3 is 15.2 Å². The second-order valence-electron chi connectivity index (χ2n) is 5.02. The van der Waals surface area contributed by atoms with Crippen LogP contribution < -0.4 is 10.1 Å². The Labute approximate surface area is 153 Å². The Morgan fingerprint density at radius 2 is 2.12 bits per heavy atom. The van der Waals surface area contributed by atoms with Gasteiger partial charge in [0.1, 0.15) is 17.0 Å². The van der Waals surface area contributed by atoms with E-state index in [9.17, 15) is 9.90 Å². The van der Waals surface area contributed by atoms with Crippen LogP contribution in [0.4, 0.5) is 0 Å². The lowest BCUT2D eigenvalue weighted by Gasteiger charge is -2.07. The summed E-state index contributed by atoms with van der Waals surface area (Å²) in [6, 6.07) is 4.49. The summed E-state index contributed by atoms with van der Waals surface area (Å²) < 4.78 is 5.01. The molecule has 0 radical (unpaired) electrons. The molecule has 0 fully saturated rings. The number of methoxy groups -OCH3 is 1. The Morgan fingerprint density at radius 1 is 1.27 bits per heavy atom. The van der Waals surface area contributed by atoms with E-state index in [0.717, 1.165) is 0 Å². The number of amides is 1. The van der Waals surface area contributed by atoms with E-state index in [1.807, 2.05) is 0 Å². The molecule has 1 amide bonds. The number of carbonyl (C=O) groups is 1. The molecular weight excluding hydrogens is 360 g/mol. The van der Waals surface area contributed by atoms with Gasteiger partial charge in [-0.1, -0.05) is 11.6 Å². The first-order chi connectivity index (χ1) is 12.6. The number of pyridine rings is 1. The van der Waals surface area contributed by atoms with Gasteiger partial charge in [-0.25, -0.2) is 19.9 Å². The Bertz CT molecular complexity index is 953. The van der Waals surface area contributed by atoms with E-state index in [0.29, 0.717) is 22.2 Å². The van der Waals surface area contributed by atoms with E-state index in [-0.39, 0.29) is 23.9 Å². The van der Waals surface area contributed by atoms with E-state index in [1.54, 1.807) is 6.07 Å². The normalized spacial score (nSPS) is 10.4. The van der Waals surface area contributed by atoms with Crippen molar-refractivity contribution in [3.63, 3.8) is 0 Å². The molecule has 0 atom stereocenters. The Kier molecular flexibility index (Phi) is 5.18. The van der Waals surface area contributed by atoms with Gasteiger partial charge in [-0.05, 0) is 12.1 Å². The molecule has 0 saturated heterocycles. The number of nitrogens with zero attached hydrogens (tertiary/aromatic N) is 5. The highest BCUT2D eigenvalue weighted by Crippen LogP contribution is 2.26. The van der Waals surface area contributed by atoms with Gasteiger partial charge in [-0.15, -0.1) is 0 Å². The molecule has 3 rings (SSSR count). The van der Waals surface area contributed by atoms with Crippen LogP contribution in [0.25, 0.3) is 11.3 Å². The van der Waals surface area contributed by atoms with Crippen LogP contribution in [0.3, 0.4) is 0 Å². The highest BCUT2D eigenvalue weighted by molar-refractivity contribution is 6.32. The first-order valence-electron chi connectivity index (χ1n) is 7.38. The third-order valence-electron chi connectivity index (χ3n) is 3.29. The van der Waals surface area contributed by atoms with E-state index >= 15 is 0 Å². The van der Waals surface area contributed by atoms with Crippen LogP contribution in [0.1, 0.15) is 16.3 Å². The van der Waals surface area contributed by atoms with Gasteiger partial charge in [0.2, 0.25) is 11.8 Å². The zero-order valence-corrected chi connectivity index (χ0v) is 14.3. The van der Waals surface area contributed by atoms with E-state index in [1.165, 1.54) is 38.0 Å². The highest BCUT2D eigenvalue weighted by Gasteiger charge is 2.12. The number of hydrogen-bond donors (Lipinski definition) is 2. The SMILES string of the molecule is COc1ncc(-c2cc(C(=O)NCc3nccc(O)n3)ncn2)cc1Cl. The maximum Gasteiger partial charge on any atom is 0.270 e. The fraction of sp³-hybridized carbons (Fsp3) is 0.125. The third-order valence-corrected chi connectivity index (χ3v) is 3.56. The molecule has 0 bridgehead atoms. The highest BCUT2D eigenvalue weighted by atomic mass is 35.5. The summed E-state index contributed by atoms with van der Waals surface area (Å²) in [7, 11) is 1.47. The van der Waals surface area contributed by atoms with Crippen molar-refractivity contribution < 1.29 is 14.6 Å². The molecule has 10 heteroatoms. The summed E-state index contributed by atoms with van der Waals surface area (Å²) in [5.41, 5.74) is 1.25. The quantitative estimate of drug-likeness (QED) is 0.692. The van der Waals surface area contributed by atoms with Crippen LogP contribution in [0, 0.1) is 0 Å². The fourth-order valence-corrected chi connectivity index (χ4v) is 2.32. The number of aromatic nitrogens is 5. The number of carbonyl (C=O) groups excluding carboxylic acids is 1. The molecule has 3 heterocycles. The first-order valence-corrected chi connectivity index (χ1v) is 7.75. The van der Waals surface area contributed by atoms with Crippen molar-refractivity contribution in [1.29, 1.82) is 0 Å². The standard InChI is InChI=1S/C16H13ClN6O3/c1-26-16-10(17)4-9(6-20-16)11-5-12(22-8-21-11)15(25)19-7-13-18-3-2-14(24)23-13/h2-6,8H,7H2,1H3,(H,19,25)(H,18,23,24). The third kappa shape index (κ3) is 4.01. The molecule has 0 unspecified atom stereocenters. The van der Waals surface area contributed by atoms with Crippen LogP contribution in [-0.4, -0.2) is 43.0 Å². The zero-order chi connectivity index (χ0) is 18.5. The topological polar surface area (TPSA) is 123 Å². The second kappa shape index (κ2) is 7.70. The Hall–Kier alpha value is -3.33. The first kappa shape index (κ1) is 17.5. The number of rotatable bonds is 5. The van der Waals surface area contributed by atoms with Crippen LogP contribution in [0.2, 0.25) is 5.02 Å². The number of ether oxygens (including phenoxy) is 1. The van der Waals surface area contributed by atoms with Gasteiger partial charge in [-0.2, -0.15) is 4.98 Å². The Balaban J connectivity index is 1.76. The second-order valence-corrected chi connectivity index (χ2v) is 5.42. The monoisotopic (exact) mass is 372 g/mol. The predicted octanol–water partition coefficient (Wildman–Crippen LogP) is 1.63. The van der Waals surface area contributed by atoms with Crippen molar-refractivity contribution in [2.45, 2.75) is 6.54 Å². The molecule has 26 heavy (non-hydrogen) atoms. The van der Waals surface area contributed by atoms with Gasteiger partial charge in [0.05, 0.1) is 19.3 Å². The van der Waals surface area contributed by atoms with Gasteiger partial charge in [0.15, 0.2) is 5.82 Å². The van der Waals surface area contributed by atoms with Gasteiger partial charge in [0.25, 0.3) is 5.91 Å². The predicted molar refractivity (Wildman–Crippen MR) is 91.7 cm³/mol. The van der Waals surface area contributed by atoms with Crippen molar-refractivity contribution >= 4 is 17.5 Å². The van der Waals surface area contributed by atoms with Crippen LogP contribution >= 0.6 is 11.6 Å². The lowest BCUT2D eigenvalue weighted by atomic mass is 10.2. The average molecular weight is 373 g/mol. The number of hydrogen-bond acceptors (Lipinski definition) is 8. The van der Waals surface area contributed by atoms with Gasteiger partial charge in [0, 0.05) is 24.0 Å². The molecule has 3 aromatic heterocycles. The largest absolute Gasteiger partial charge is 0.493 e. The molecule has 0 spiro atoms. The van der Waals surface area contributed by atoms with Crippen LogP contribution in [-0.2, 0) is 6.54 Å². The van der Waals surface area contributed by atoms with E-state index in [4.69, 9.17) is 16.3 Å². The van der Waals surface area contributed by atoms with Crippen molar-refractivity contribution in [2.24, 2.45) is 0 Å². The van der Waals surface area contributed by atoms with E-state index < -0.39 is 5.91 Å². The van der Waals surface area contributed by atoms with Gasteiger partial charge in [-0.3, -0.25) is 4.79 Å². The lowest BCUT2D eigenvalue weighted by molar-refractivity contribution is 0.0944. The maximum absolute atomic E-state index is 12.3. The summed E-state index contributed by atoms with van der Waals surface area (Å²) in [5.74, 6) is -0.0297. The number of nitrogens with one attached hydrogen (secondary N) is 1. The molecule has 0 saturated carbocycles. The molecule has 0 aliphatic rings. The average Bonchev–Trinajstić information content (AvgIpc) is 2.66. The van der Waals surface area contributed by atoms with E-state index in [2.05, 4.69) is 30.2 Å². The summed E-state index contributed by atoms with van der Waals surface area (Å²) in [5, 5.41) is 12.3. The smallest absolute Gasteiger partial charge is 0.270 e.